The molecular formula is C18H25F3. The number of benzene rings is 1. The van der Waals surface area contributed by atoms with Crippen molar-refractivity contribution in [1.82, 2.24) is 0 Å². The second-order valence-electron chi connectivity index (χ2n) is 5.43. The number of allylic oxidation sites excluding steroid dienone is 2. The monoisotopic (exact) mass is 298 g/mol. The predicted molar refractivity (Wildman–Crippen MR) is 82.3 cm³/mol. The van der Waals surface area contributed by atoms with Crippen LogP contribution < -0.4 is 0 Å². The lowest BCUT2D eigenvalue weighted by atomic mass is 10.0. The molecule has 0 heterocycles. The van der Waals surface area contributed by atoms with Crippen molar-refractivity contribution in [2.75, 3.05) is 0 Å². The highest BCUT2D eigenvalue weighted by Gasteiger charge is 2.32. The summed E-state index contributed by atoms with van der Waals surface area (Å²) in [5.41, 5.74) is 0.545. The van der Waals surface area contributed by atoms with E-state index in [1.807, 2.05) is 30.3 Å². The van der Waals surface area contributed by atoms with Crippen molar-refractivity contribution in [2.24, 2.45) is 0 Å². The topological polar surface area (TPSA) is 0 Å². The highest BCUT2D eigenvalue weighted by Crippen LogP contribution is 2.30. The van der Waals surface area contributed by atoms with Crippen LogP contribution >= 0.6 is 0 Å². The van der Waals surface area contributed by atoms with Crippen molar-refractivity contribution in [2.45, 2.75) is 64.5 Å². The molecule has 0 saturated carbocycles. The van der Waals surface area contributed by atoms with Crippen molar-refractivity contribution in [1.29, 1.82) is 0 Å². The summed E-state index contributed by atoms with van der Waals surface area (Å²) in [7, 11) is 0. The third-order valence-corrected chi connectivity index (χ3v) is 3.59. The van der Waals surface area contributed by atoms with Gasteiger partial charge in [0.1, 0.15) is 0 Å². The summed E-state index contributed by atoms with van der Waals surface area (Å²) < 4.78 is 39.0. The normalized spacial score (nSPS) is 12.7. The van der Waals surface area contributed by atoms with Crippen LogP contribution in [0, 0.1) is 0 Å². The van der Waals surface area contributed by atoms with Crippen LogP contribution in [0.4, 0.5) is 13.2 Å². The van der Waals surface area contributed by atoms with Crippen molar-refractivity contribution in [3.63, 3.8) is 0 Å². The molecule has 0 spiro atoms. The average Bonchev–Trinajstić information content (AvgIpc) is 2.45. The predicted octanol–water partition coefficient (Wildman–Crippen LogP) is 6.47. The van der Waals surface area contributed by atoms with Gasteiger partial charge >= 0.3 is 6.18 Å². The van der Waals surface area contributed by atoms with E-state index in [-0.39, 0.29) is 12.0 Å². The Labute approximate surface area is 126 Å². The zero-order valence-corrected chi connectivity index (χ0v) is 12.8. The first-order valence-electron chi connectivity index (χ1n) is 7.84. The highest BCUT2D eigenvalue weighted by atomic mass is 19.4. The Morgan fingerprint density at radius 2 is 1.57 bits per heavy atom. The summed E-state index contributed by atoms with van der Waals surface area (Å²) in [5, 5.41) is 0. The Morgan fingerprint density at radius 1 is 0.952 bits per heavy atom. The molecular weight excluding hydrogens is 273 g/mol. The summed E-state index contributed by atoms with van der Waals surface area (Å²) in [6.07, 6.45) is 3.67. The minimum absolute atomic E-state index is 0.141. The molecule has 0 nitrogen and oxygen atoms in total. The van der Waals surface area contributed by atoms with Gasteiger partial charge in [-0.2, -0.15) is 13.2 Å². The second-order valence-corrected chi connectivity index (χ2v) is 5.43. The molecule has 118 valence electrons. The van der Waals surface area contributed by atoms with Gasteiger partial charge in [0, 0.05) is 5.57 Å². The van der Waals surface area contributed by atoms with Gasteiger partial charge in [-0.3, -0.25) is 0 Å². The first kappa shape index (κ1) is 17.8. The average molecular weight is 298 g/mol. The van der Waals surface area contributed by atoms with Crippen LogP contribution in [0.5, 0.6) is 0 Å². The molecule has 0 bridgehead atoms. The summed E-state index contributed by atoms with van der Waals surface area (Å²) >= 11 is 0. The van der Waals surface area contributed by atoms with E-state index >= 15 is 0 Å². The van der Waals surface area contributed by atoms with E-state index in [4.69, 9.17) is 0 Å². The van der Waals surface area contributed by atoms with Gasteiger partial charge in [0.05, 0.1) is 0 Å². The van der Waals surface area contributed by atoms with Gasteiger partial charge in [-0.1, -0.05) is 75.4 Å². The van der Waals surface area contributed by atoms with E-state index in [1.165, 1.54) is 12.5 Å². The van der Waals surface area contributed by atoms with Crippen LogP contribution in [0.3, 0.4) is 0 Å². The van der Waals surface area contributed by atoms with Crippen LogP contribution in [0.15, 0.2) is 42.0 Å². The molecule has 0 amide bonds. The molecule has 21 heavy (non-hydrogen) atoms. The molecule has 0 unspecified atom stereocenters. The first-order valence-corrected chi connectivity index (χ1v) is 7.84. The first-order chi connectivity index (χ1) is 10.0. The van der Waals surface area contributed by atoms with Crippen LogP contribution in [0.2, 0.25) is 0 Å². The Morgan fingerprint density at radius 3 is 2.19 bits per heavy atom. The summed E-state index contributed by atoms with van der Waals surface area (Å²) in [6, 6.07) is 9.28. The van der Waals surface area contributed by atoms with E-state index in [1.54, 1.807) is 0 Å². The maximum Gasteiger partial charge on any atom is 0.412 e. The van der Waals surface area contributed by atoms with Gasteiger partial charge < -0.3 is 0 Å². The van der Waals surface area contributed by atoms with Gasteiger partial charge in [0.2, 0.25) is 0 Å². The van der Waals surface area contributed by atoms with Crippen molar-refractivity contribution >= 4 is 0 Å². The van der Waals surface area contributed by atoms with Gasteiger partial charge in [-0.05, 0) is 24.8 Å². The van der Waals surface area contributed by atoms with Crippen molar-refractivity contribution in [3.05, 3.63) is 47.5 Å². The molecule has 0 atom stereocenters. The molecule has 0 aliphatic rings. The third-order valence-electron chi connectivity index (χ3n) is 3.59. The fraction of sp³-hybridized carbons (Fsp3) is 0.556. The fourth-order valence-electron chi connectivity index (χ4n) is 2.31. The molecule has 0 aliphatic carbocycles. The summed E-state index contributed by atoms with van der Waals surface area (Å²) in [5.74, 6) is 0. The minimum atomic E-state index is -4.20. The van der Waals surface area contributed by atoms with Gasteiger partial charge in [-0.15, -0.1) is 0 Å². The SMILES string of the molecule is CCCCCCCCC(=CCc1ccccc1)C(F)(F)F. The second kappa shape index (κ2) is 9.64. The summed E-state index contributed by atoms with van der Waals surface area (Å²) in [4.78, 5) is 0. The Balaban J connectivity index is 2.45. The lowest BCUT2D eigenvalue weighted by Crippen LogP contribution is -2.12. The number of hydrogen-bond acceptors (Lipinski definition) is 0. The highest BCUT2D eigenvalue weighted by molar-refractivity contribution is 5.20. The molecule has 0 aliphatic heterocycles. The summed E-state index contributed by atoms with van der Waals surface area (Å²) in [6.45, 7) is 2.13. The lowest BCUT2D eigenvalue weighted by molar-refractivity contribution is -0.0943. The molecule has 0 radical (unpaired) electrons. The Hall–Kier alpha value is -1.25. The Kier molecular flexibility index (Phi) is 8.17. The van der Waals surface area contributed by atoms with Crippen molar-refractivity contribution in [3.8, 4) is 0 Å². The fourth-order valence-corrected chi connectivity index (χ4v) is 2.31. The van der Waals surface area contributed by atoms with Crippen LogP contribution in [0.25, 0.3) is 0 Å². The number of unbranched alkanes of at least 4 members (excludes halogenated alkanes) is 5. The lowest BCUT2D eigenvalue weighted by Gasteiger charge is -2.12. The molecule has 0 N–H and O–H groups in total. The minimum Gasteiger partial charge on any atom is -0.166 e. The largest absolute Gasteiger partial charge is 0.412 e. The van der Waals surface area contributed by atoms with E-state index in [0.717, 1.165) is 31.2 Å². The molecule has 1 aromatic rings. The maximum absolute atomic E-state index is 13.0. The molecule has 0 saturated heterocycles. The molecule has 1 rings (SSSR count). The van der Waals surface area contributed by atoms with Gasteiger partial charge in [0.15, 0.2) is 0 Å². The van der Waals surface area contributed by atoms with E-state index < -0.39 is 6.18 Å². The smallest absolute Gasteiger partial charge is 0.166 e. The molecule has 0 fully saturated rings. The maximum atomic E-state index is 13.0. The van der Waals surface area contributed by atoms with Crippen LogP contribution in [-0.2, 0) is 6.42 Å². The Bertz CT molecular complexity index is 404. The van der Waals surface area contributed by atoms with Crippen LogP contribution in [0.1, 0.15) is 57.4 Å². The van der Waals surface area contributed by atoms with E-state index in [0.29, 0.717) is 12.8 Å². The number of alkyl halides is 3. The van der Waals surface area contributed by atoms with Crippen LogP contribution in [-0.4, -0.2) is 6.18 Å². The third kappa shape index (κ3) is 7.93. The quantitative estimate of drug-likeness (QED) is 0.362. The zero-order chi connectivity index (χ0) is 15.6. The van der Waals surface area contributed by atoms with Gasteiger partial charge in [0.25, 0.3) is 0 Å². The molecule has 1 aromatic carbocycles. The number of rotatable bonds is 9. The standard InChI is InChI=1S/C18H25F3/c1-2-3-4-5-6-10-13-17(18(19,20)21)15-14-16-11-8-7-9-12-16/h7-9,11-12,15H,2-6,10,13-14H2,1H3. The molecule has 0 aromatic heterocycles. The number of halogens is 3. The van der Waals surface area contributed by atoms with E-state index in [9.17, 15) is 13.2 Å². The zero-order valence-electron chi connectivity index (χ0n) is 12.8. The van der Waals surface area contributed by atoms with Gasteiger partial charge in [-0.25, -0.2) is 0 Å². The van der Waals surface area contributed by atoms with Crippen molar-refractivity contribution < 1.29 is 13.2 Å². The number of hydrogen-bond donors (Lipinski definition) is 0. The van der Waals surface area contributed by atoms with E-state index in [2.05, 4.69) is 6.92 Å². The molecule has 3 heteroatoms.